The van der Waals surface area contributed by atoms with Gasteiger partial charge in [-0.15, -0.1) is 0 Å². The van der Waals surface area contributed by atoms with Crippen LogP contribution in [0.2, 0.25) is 0 Å². The number of aliphatic hydroxyl groups excluding tert-OH is 1. The van der Waals surface area contributed by atoms with Crippen LogP contribution in [0.5, 0.6) is 5.75 Å². The minimum atomic E-state index is -0.369. The van der Waals surface area contributed by atoms with E-state index in [9.17, 15) is 14.7 Å². The van der Waals surface area contributed by atoms with E-state index in [4.69, 9.17) is 4.74 Å². The second-order valence-corrected chi connectivity index (χ2v) is 8.92. The van der Waals surface area contributed by atoms with Crippen molar-refractivity contribution in [2.45, 2.75) is 32.4 Å². The van der Waals surface area contributed by atoms with E-state index in [1.54, 1.807) is 35.2 Å². The molecule has 0 saturated carbocycles. The summed E-state index contributed by atoms with van der Waals surface area (Å²) in [5.74, 6) is 0.616. The Kier molecular flexibility index (Phi) is 8.30. The van der Waals surface area contributed by atoms with Crippen molar-refractivity contribution in [2.24, 2.45) is 5.92 Å². The van der Waals surface area contributed by atoms with Gasteiger partial charge in [-0.3, -0.25) is 4.79 Å². The highest BCUT2D eigenvalue weighted by Gasteiger charge is 2.30. The summed E-state index contributed by atoms with van der Waals surface area (Å²) < 4.78 is 6.39. The molecule has 0 aliphatic carbocycles. The fourth-order valence-corrected chi connectivity index (χ4v) is 3.90. The molecule has 3 atom stereocenters. The topological polar surface area (TPSA) is 94.1 Å². The number of carbonyl (C=O) groups is 2. The molecule has 0 unspecified atom stereocenters. The fourth-order valence-electron chi connectivity index (χ4n) is 3.90. The predicted molar refractivity (Wildman–Crippen MR) is 130 cm³/mol. The molecule has 0 aromatic heterocycles. The lowest BCUT2D eigenvalue weighted by molar-refractivity contribution is -0.134. The summed E-state index contributed by atoms with van der Waals surface area (Å²) in [6.07, 6.45) is -0.0186. The normalized spacial score (nSPS) is 19.6. The Balaban J connectivity index is 1.86. The quantitative estimate of drug-likeness (QED) is 0.624. The molecular formula is C25H34N4O4. The first-order valence-electron chi connectivity index (χ1n) is 11.2. The number of benzene rings is 2. The van der Waals surface area contributed by atoms with Gasteiger partial charge in [-0.1, -0.05) is 25.1 Å². The first kappa shape index (κ1) is 24.5. The number of hydrogen-bond donors (Lipinski definition) is 3. The molecule has 2 aromatic rings. The van der Waals surface area contributed by atoms with Crippen LogP contribution in [-0.2, 0) is 11.2 Å². The fraction of sp³-hybridized carbons (Fsp3) is 0.440. The Labute approximate surface area is 195 Å². The SMILES string of the molecule is C[C@@H]1CN([C@H](C)CO)C(=O)Cc2cc(NC(=O)Nc3ccccc3)ccc2O[C@@H]1CN(C)C. The van der Waals surface area contributed by atoms with Gasteiger partial charge in [0.05, 0.1) is 19.1 Å². The number of urea groups is 1. The minimum Gasteiger partial charge on any atom is -0.488 e. The number of likely N-dealkylation sites (N-methyl/N-ethyl adjacent to an activating group) is 1. The zero-order chi connectivity index (χ0) is 24.0. The second kappa shape index (κ2) is 11.2. The number of nitrogens with zero attached hydrogens (tertiary/aromatic N) is 2. The smallest absolute Gasteiger partial charge is 0.323 e. The van der Waals surface area contributed by atoms with E-state index in [1.807, 2.05) is 39.2 Å². The number of aliphatic hydroxyl groups is 1. The third kappa shape index (κ3) is 6.69. The number of rotatable bonds is 6. The largest absolute Gasteiger partial charge is 0.488 e. The first-order chi connectivity index (χ1) is 15.8. The van der Waals surface area contributed by atoms with Crippen molar-refractivity contribution < 1.29 is 19.4 Å². The molecule has 8 heteroatoms. The molecule has 3 N–H and O–H groups in total. The Hall–Kier alpha value is -3.10. The summed E-state index contributed by atoms with van der Waals surface area (Å²) in [6.45, 7) is 4.99. The molecule has 1 aliphatic rings. The zero-order valence-electron chi connectivity index (χ0n) is 19.7. The van der Waals surface area contributed by atoms with Gasteiger partial charge in [0.1, 0.15) is 11.9 Å². The third-order valence-corrected chi connectivity index (χ3v) is 5.75. The van der Waals surface area contributed by atoms with Crippen LogP contribution in [0.15, 0.2) is 48.5 Å². The van der Waals surface area contributed by atoms with Crippen LogP contribution in [0.4, 0.5) is 16.2 Å². The molecule has 0 fully saturated rings. The van der Waals surface area contributed by atoms with Crippen LogP contribution in [0, 0.1) is 5.92 Å². The molecule has 0 radical (unpaired) electrons. The lowest BCUT2D eigenvalue weighted by Gasteiger charge is -2.33. The Morgan fingerprint density at radius 1 is 1.18 bits per heavy atom. The van der Waals surface area contributed by atoms with Gasteiger partial charge in [0, 0.05) is 35.9 Å². The van der Waals surface area contributed by atoms with Crippen molar-refractivity contribution >= 4 is 23.3 Å². The van der Waals surface area contributed by atoms with E-state index in [0.29, 0.717) is 35.8 Å². The summed E-state index contributed by atoms with van der Waals surface area (Å²) in [5.41, 5.74) is 1.95. The maximum Gasteiger partial charge on any atom is 0.323 e. The average molecular weight is 455 g/mol. The summed E-state index contributed by atoms with van der Waals surface area (Å²) in [4.78, 5) is 29.4. The summed E-state index contributed by atoms with van der Waals surface area (Å²) in [7, 11) is 3.97. The molecule has 0 saturated heterocycles. The molecule has 3 rings (SSSR count). The second-order valence-electron chi connectivity index (χ2n) is 8.92. The van der Waals surface area contributed by atoms with Gasteiger partial charge < -0.3 is 30.3 Å². The molecule has 178 valence electrons. The van der Waals surface area contributed by atoms with Crippen LogP contribution >= 0.6 is 0 Å². The highest BCUT2D eigenvalue weighted by molar-refractivity contribution is 5.99. The molecule has 1 aliphatic heterocycles. The van der Waals surface area contributed by atoms with Gasteiger partial charge in [0.2, 0.25) is 5.91 Å². The van der Waals surface area contributed by atoms with Gasteiger partial charge in [0.15, 0.2) is 0 Å². The standard InChI is InChI=1S/C25H34N4O4/c1-17-14-29(18(2)16-30)24(31)13-19-12-21(10-11-22(19)33-23(17)15-28(3)4)27-25(32)26-20-8-6-5-7-9-20/h5-12,17-18,23,30H,13-16H2,1-4H3,(H2,26,27,32)/t17-,18-,23-/m1/s1. The van der Waals surface area contributed by atoms with E-state index >= 15 is 0 Å². The van der Waals surface area contributed by atoms with Crippen LogP contribution in [0.1, 0.15) is 19.4 Å². The van der Waals surface area contributed by atoms with Crippen LogP contribution in [0.3, 0.4) is 0 Å². The summed E-state index contributed by atoms with van der Waals surface area (Å²) in [6, 6.07) is 13.9. The average Bonchev–Trinajstić information content (AvgIpc) is 2.82. The zero-order valence-corrected chi connectivity index (χ0v) is 19.7. The number of hydrogen-bond acceptors (Lipinski definition) is 5. The van der Waals surface area contributed by atoms with Gasteiger partial charge in [-0.2, -0.15) is 0 Å². The number of carbonyl (C=O) groups excluding carboxylic acids is 2. The first-order valence-corrected chi connectivity index (χ1v) is 11.2. The third-order valence-electron chi connectivity index (χ3n) is 5.75. The highest BCUT2D eigenvalue weighted by Crippen LogP contribution is 2.29. The lowest BCUT2D eigenvalue weighted by atomic mass is 10.0. The number of ether oxygens (including phenoxy) is 1. The molecule has 0 spiro atoms. The minimum absolute atomic E-state index is 0.0609. The molecule has 2 aromatic carbocycles. The number of amides is 3. The number of para-hydroxylation sites is 1. The molecule has 33 heavy (non-hydrogen) atoms. The lowest BCUT2D eigenvalue weighted by Crippen LogP contribution is -2.47. The monoisotopic (exact) mass is 454 g/mol. The van der Waals surface area contributed by atoms with E-state index in [2.05, 4.69) is 22.5 Å². The van der Waals surface area contributed by atoms with Crippen molar-refractivity contribution in [1.29, 1.82) is 0 Å². The van der Waals surface area contributed by atoms with Crippen LogP contribution in [0.25, 0.3) is 0 Å². The van der Waals surface area contributed by atoms with Gasteiger partial charge in [-0.25, -0.2) is 4.79 Å². The summed E-state index contributed by atoms with van der Waals surface area (Å²) in [5, 5.41) is 15.3. The van der Waals surface area contributed by atoms with Crippen LogP contribution < -0.4 is 15.4 Å². The van der Waals surface area contributed by atoms with E-state index in [1.165, 1.54) is 0 Å². The van der Waals surface area contributed by atoms with Crippen molar-refractivity contribution in [3.05, 3.63) is 54.1 Å². The van der Waals surface area contributed by atoms with Crippen molar-refractivity contribution in [2.75, 3.05) is 44.4 Å². The number of anilines is 2. The van der Waals surface area contributed by atoms with E-state index < -0.39 is 0 Å². The predicted octanol–water partition coefficient (Wildman–Crippen LogP) is 3.04. The number of nitrogens with one attached hydrogen (secondary N) is 2. The van der Waals surface area contributed by atoms with Crippen molar-refractivity contribution in [3.8, 4) is 5.75 Å². The maximum atomic E-state index is 13.2. The number of fused-ring (bicyclic) bond motifs is 1. The van der Waals surface area contributed by atoms with Crippen molar-refractivity contribution in [3.63, 3.8) is 0 Å². The molecule has 1 heterocycles. The summed E-state index contributed by atoms with van der Waals surface area (Å²) >= 11 is 0. The molecule has 3 amide bonds. The van der Waals surface area contributed by atoms with Gasteiger partial charge in [-0.05, 0) is 51.4 Å². The molecule has 0 bridgehead atoms. The molecular weight excluding hydrogens is 420 g/mol. The Bertz CT molecular complexity index is 951. The highest BCUT2D eigenvalue weighted by atomic mass is 16.5. The Morgan fingerprint density at radius 2 is 1.88 bits per heavy atom. The maximum absolute atomic E-state index is 13.2. The van der Waals surface area contributed by atoms with Crippen LogP contribution in [-0.4, -0.2) is 72.8 Å². The molecule has 8 nitrogen and oxygen atoms in total. The van der Waals surface area contributed by atoms with Gasteiger partial charge >= 0.3 is 6.03 Å². The van der Waals surface area contributed by atoms with E-state index in [0.717, 1.165) is 0 Å². The Morgan fingerprint density at radius 3 is 2.55 bits per heavy atom. The van der Waals surface area contributed by atoms with Crippen molar-refractivity contribution in [1.82, 2.24) is 9.80 Å². The van der Waals surface area contributed by atoms with Gasteiger partial charge in [0.25, 0.3) is 0 Å². The van der Waals surface area contributed by atoms with E-state index in [-0.39, 0.29) is 43.0 Å².